The maximum Gasteiger partial charge on any atom is 0.224 e. The summed E-state index contributed by atoms with van der Waals surface area (Å²) in [7, 11) is 2.16. The molecule has 0 saturated carbocycles. The van der Waals surface area contributed by atoms with Gasteiger partial charge >= 0.3 is 0 Å². The van der Waals surface area contributed by atoms with Crippen molar-refractivity contribution in [2.75, 3.05) is 61.4 Å². The summed E-state index contributed by atoms with van der Waals surface area (Å²) in [5.41, 5.74) is 2.64. The molecular formula is C24H38N6. The highest BCUT2D eigenvalue weighted by Gasteiger charge is 2.12. The minimum absolute atomic E-state index is 0.730. The van der Waals surface area contributed by atoms with Crippen molar-refractivity contribution >= 4 is 17.5 Å². The van der Waals surface area contributed by atoms with Gasteiger partial charge in [0.15, 0.2) is 0 Å². The maximum atomic E-state index is 4.74. The molecule has 1 N–H and O–H groups in total. The molecule has 0 aliphatic carbocycles. The summed E-state index contributed by atoms with van der Waals surface area (Å²) in [4.78, 5) is 16.3. The maximum absolute atomic E-state index is 4.74. The molecule has 0 radical (unpaired) electrons. The van der Waals surface area contributed by atoms with E-state index < -0.39 is 0 Å². The van der Waals surface area contributed by atoms with Gasteiger partial charge in [0.25, 0.3) is 0 Å². The van der Waals surface area contributed by atoms with E-state index >= 15 is 0 Å². The molecular weight excluding hydrogens is 372 g/mol. The van der Waals surface area contributed by atoms with Crippen LogP contribution in [0.5, 0.6) is 0 Å². The van der Waals surface area contributed by atoms with Crippen LogP contribution in [0.25, 0.3) is 0 Å². The van der Waals surface area contributed by atoms with Crippen LogP contribution in [-0.4, -0.2) is 61.2 Å². The van der Waals surface area contributed by atoms with Crippen LogP contribution in [0.1, 0.15) is 45.1 Å². The Morgan fingerprint density at radius 2 is 1.67 bits per heavy atom. The van der Waals surface area contributed by atoms with E-state index in [0.717, 1.165) is 57.6 Å². The molecule has 164 valence electrons. The number of hydrogen-bond acceptors (Lipinski definition) is 6. The minimum Gasteiger partial charge on any atom is -0.372 e. The number of anilines is 3. The minimum atomic E-state index is 0.730. The van der Waals surface area contributed by atoms with E-state index in [0.29, 0.717) is 0 Å². The molecule has 0 unspecified atom stereocenters. The third-order valence-electron chi connectivity index (χ3n) is 5.86. The SMILES string of the molecule is CCN(CC)c1ccc(CN(C)CCNc2nccc(N3CCCCCC3)n2)cc1. The van der Waals surface area contributed by atoms with Gasteiger partial charge in [0.1, 0.15) is 5.82 Å². The second-order valence-corrected chi connectivity index (χ2v) is 8.14. The second kappa shape index (κ2) is 11.7. The average Bonchev–Trinajstić information content (AvgIpc) is 3.06. The van der Waals surface area contributed by atoms with E-state index in [4.69, 9.17) is 4.98 Å². The molecule has 1 saturated heterocycles. The quantitative estimate of drug-likeness (QED) is 0.632. The Morgan fingerprint density at radius 3 is 2.33 bits per heavy atom. The molecule has 1 aliphatic rings. The van der Waals surface area contributed by atoms with Crippen LogP contribution in [0.3, 0.4) is 0 Å². The molecule has 0 bridgehead atoms. The van der Waals surface area contributed by atoms with Gasteiger partial charge in [-0.3, -0.25) is 0 Å². The molecule has 1 aliphatic heterocycles. The van der Waals surface area contributed by atoms with Gasteiger partial charge in [0.2, 0.25) is 5.95 Å². The Morgan fingerprint density at radius 1 is 0.967 bits per heavy atom. The third-order valence-corrected chi connectivity index (χ3v) is 5.86. The molecule has 1 aromatic heterocycles. The Hall–Kier alpha value is -2.34. The molecule has 2 heterocycles. The molecule has 6 heteroatoms. The van der Waals surface area contributed by atoms with Crippen molar-refractivity contribution < 1.29 is 0 Å². The van der Waals surface area contributed by atoms with Crippen LogP contribution >= 0.6 is 0 Å². The molecule has 3 rings (SSSR count). The number of rotatable bonds is 10. The van der Waals surface area contributed by atoms with Gasteiger partial charge in [0, 0.05) is 57.7 Å². The standard InChI is InChI=1S/C24H38N6/c1-4-29(5-2)22-12-10-21(11-13-22)20-28(3)19-16-26-24-25-15-14-23(27-24)30-17-8-6-7-9-18-30/h10-15H,4-9,16-20H2,1-3H3,(H,25,26,27). The van der Waals surface area contributed by atoms with Gasteiger partial charge in [-0.2, -0.15) is 4.98 Å². The van der Waals surface area contributed by atoms with Crippen molar-refractivity contribution in [2.45, 2.75) is 46.1 Å². The van der Waals surface area contributed by atoms with Crippen LogP contribution in [0.15, 0.2) is 36.5 Å². The van der Waals surface area contributed by atoms with Crippen molar-refractivity contribution in [1.82, 2.24) is 14.9 Å². The Bertz CT molecular complexity index is 736. The zero-order chi connectivity index (χ0) is 21.2. The van der Waals surface area contributed by atoms with Crippen LogP contribution < -0.4 is 15.1 Å². The fourth-order valence-corrected chi connectivity index (χ4v) is 4.06. The summed E-state index contributed by atoms with van der Waals surface area (Å²) < 4.78 is 0. The Labute approximate surface area is 182 Å². The fourth-order valence-electron chi connectivity index (χ4n) is 4.06. The first-order valence-electron chi connectivity index (χ1n) is 11.5. The van der Waals surface area contributed by atoms with E-state index in [2.05, 4.69) is 70.2 Å². The van der Waals surface area contributed by atoms with Crippen molar-refractivity contribution in [1.29, 1.82) is 0 Å². The zero-order valence-corrected chi connectivity index (χ0v) is 19.0. The first-order chi connectivity index (χ1) is 14.7. The van der Waals surface area contributed by atoms with E-state index in [9.17, 15) is 0 Å². The summed E-state index contributed by atoms with van der Waals surface area (Å²) in [5, 5.41) is 3.40. The fraction of sp³-hybridized carbons (Fsp3) is 0.583. The van der Waals surface area contributed by atoms with E-state index in [1.54, 1.807) is 0 Å². The van der Waals surface area contributed by atoms with Gasteiger partial charge in [0.05, 0.1) is 0 Å². The predicted molar refractivity (Wildman–Crippen MR) is 128 cm³/mol. The lowest BCUT2D eigenvalue weighted by atomic mass is 10.2. The number of aromatic nitrogens is 2. The lowest BCUT2D eigenvalue weighted by molar-refractivity contribution is 0.340. The second-order valence-electron chi connectivity index (χ2n) is 8.14. The van der Waals surface area contributed by atoms with Crippen LogP contribution in [0.2, 0.25) is 0 Å². The summed E-state index contributed by atoms with van der Waals surface area (Å²) in [6.07, 6.45) is 7.05. The number of likely N-dealkylation sites (N-methyl/N-ethyl adjacent to an activating group) is 1. The predicted octanol–water partition coefficient (Wildman–Crippen LogP) is 4.25. The number of nitrogens with one attached hydrogen (secondary N) is 1. The highest BCUT2D eigenvalue weighted by molar-refractivity contribution is 5.47. The Kier molecular flexibility index (Phi) is 8.75. The van der Waals surface area contributed by atoms with Gasteiger partial charge in [-0.1, -0.05) is 25.0 Å². The number of hydrogen-bond donors (Lipinski definition) is 1. The van der Waals surface area contributed by atoms with Crippen LogP contribution in [-0.2, 0) is 6.54 Å². The highest BCUT2D eigenvalue weighted by atomic mass is 15.2. The molecule has 6 nitrogen and oxygen atoms in total. The largest absolute Gasteiger partial charge is 0.372 e. The molecule has 2 aromatic rings. The van der Waals surface area contributed by atoms with Gasteiger partial charge < -0.3 is 20.0 Å². The van der Waals surface area contributed by atoms with Crippen LogP contribution in [0.4, 0.5) is 17.5 Å². The van der Waals surface area contributed by atoms with Gasteiger partial charge in [-0.05, 0) is 57.5 Å². The highest BCUT2D eigenvalue weighted by Crippen LogP contribution is 2.18. The lowest BCUT2D eigenvalue weighted by Crippen LogP contribution is -2.27. The Balaban J connectivity index is 1.45. The first-order valence-corrected chi connectivity index (χ1v) is 11.5. The van der Waals surface area contributed by atoms with Crippen molar-refractivity contribution in [3.63, 3.8) is 0 Å². The summed E-state index contributed by atoms with van der Waals surface area (Å²) in [5.74, 6) is 1.78. The molecule has 0 spiro atoms. The number of nitrogens with zero attached hydrogens (tertiary/aromatic N) is 5. The first kappa shape index (κ1) is 22.3. The molecule has 0 amide bonds. The average molecular weight is 411 g/mol. The van der Waals surface area contributed by atoms with Crippen molar-refractivity contribution in [2.24, 2.45) is 0 Å². The molecule has 0 atom stereocenters. The number of benzene rings is 1. The topological polar surface area (TPSA) is 47.5 Å². The van der Waals surface area contributed by atoms with Crippen LogP contribution in [0, 0.1) is 0 Å². The zero-order valence-electron chi connectivity index (χ0n) is 19.0. The third kappa shape index (κ3) is 6.59. The molecule has 30 heavy (non-hydrogen) atoms. The summed E-state index contributed by atoms with van der Waals surface area (Å²) >= 11 is 0. The van der Waals surface area contributed by atoms with E-state index in [1.165, 1.54) is 36.9 Å². The van der Waals surface area contributed by atoms with E-state index in [1.807, 2.05) is 12.3 Å². The molecule has 1 fully saturated rings. The normalized spacial score (nSPS) is 14.6. The molecule has 1 aromatic carbocycles. The van der Waals surface area contributed by atoms with E-state index in [-0.39, 0.29) is 0 Å². The summed E-state index contributed by atoms with van der Waals surface area (Å²) in [6.45, 7) is 11.4. The smallest absolute Gasteiger partial charge is 0.224 e. The van der Waals surface area contributed by atoms with Crippen molar-refractivity contribution in [3.8, 4) is 0 Å². The lowest BCUT2D eigenvalue weighted by Gasteiger charge is -2.22. The van der Waals surface area contributed by atoms with Crippen molar-refractivity contribution in [3.05, 3.63) is 42.1 Å². The monoisotopic (exact) mass is 410 g/mol. The summed E-state index contributed by atoms with van der Waals surface area (Å²) in [6, 6.07) is 11.0. The van der Waals surface area contributed by atoms with Gasteiger partial charge in [-0.25, -0.2) is 4.98 Å². The van der Waals surface area contributed by atoms with Gasteiger partial charge in [-0.15, -0.1) is 0 Å².